The van der Waals surface area contributed by atoms with Crippen molar-refractivity contribution in [3.8, 4) is 5.75 Å². The molecule has 0 spiro atoms. The first-order valence-electron chi connectivity index (χ1n) is 14.5. The van der Waals surface area contributed by atoms with Crippen LogP contribution in [-0.4, -0.2) is 55.3 Å². The van der Waals surface area contributed by atoms with Crippen LogP contribution in [0.2, 0.25) is 0 Å². The van der Waals surface area contributed by atoms with Crippen LogP contribution in [0.4, 0.5) is 4.79 Å². The van der Waals surface area contributed by atoms with Crippen LogP contribution in [0.1, 0.15) is 40.0 Å². The molecule has 10 heteroatoms. The molecule has 226 valence electrons. The Morgan fingerprint density at radius 1 is 0.977 bits per heavy atom. The van der Waals surface area contributed by atoms with Crippen LogP contribution in [0.15, 0.2) is 78.9 Å². The maximum atomic E-state index is 13.6. The predicted octanol–water partition coefficient (Wildman–Crippen LogP) is 5.45. The smallest absolute Gasteiger partial charge is 0.410 e. The molecule has 0 saturated carbocycles. The minimum Gasteiger partial charge on any atom is -0.492 e. The standard InChI is InChI=1S/C33H37N3O6S/c1-24-15-16-30-29(20-24)25(2)31(36(30)18-19-41-28-13-7-4-8-14-28)32(37)34-43(39,40)23-27-12-9-17-35(21-27)33(38)42-22-26-10-5-3-6-11-26/h3-8,10-11,13-16,20,27H,9,12,17-19,21-23H2,1-2H3,(H,34,37)/t27-/m0/s1. The molecular formula is C33H37N3O6S. The van der Waals surface area contributed by atoms with E-state index >= 15 is 0 Å². The summed E-state index contributed by atoms with van der Waals surface area (Å²) in [4.78, 5) is 27.8. The molecule has 1 saturated heterocycles. The van der Waals surface area contributed by atoms with E-state index in [9.17, 15) is 18.0 Å². The van der Waals surface area contributed by atoms with Gasteiger partial charge in [0.05, 0.1) is 12.3 Å². The van der Waals surface area contributed by atoms with Crippen molar-refractivity contribution in [2.75, 3.05) is 25.4 Å². The maximum absolute atomic E-state index is 13.6. The molecule has 0 aliphatic carbocycles. The zero-order chi connectivity index (χ0) is 30.4. The number of aromatic nitrogens is 1. The molecule has 2 amide bonds. The van der Waals surface area contributed by atoms with Crippen molar-refractivity contribution in [2.45, 2.75) is 39.8 Å². The lowest BCUT2D eigenvalue weighted by molar-refractivity contribution is 0.0811. The summed E-state index contributed by atoms with van der Waals surface area (Å²) in [7, 11) is -4.00. The number of fused-ring (bicyclic) bond motifs is 1. The molecule has 1 atom stereocenters. The van der Waals surface area contributed by atoms with Crippen molar-refractivity contribution in [1.82, 2.24) is 14.2 Å². The number of ether oxygens (including phenoxy) is 2. The zero-order valence-corrected chi connectivity index (χ0v) is 25.3. The van der Waals surface area contributed by atoms with E-state index in [2.05, 4.69) is 4.72 Å². The van der Waals surface area contributed by atoms with E-state index in [0.29, 0.717) is 43.9 Å². The summed E-state index contributed by atoms with van der Waals surface area (Å²) >= 11 is 0. The van der Waals surface area contributed by atoms with E-state index in [4.69, 9.17) is 9.47 Å². The molecule has 1 aromatic heterocycles. The van der Waals surface area contributed by atoms with E-state index < -0.39 is 22.0 Å². The van der Waals surface area contributed by atoms with Crippen LogP contribution >= 0.6 is 0 Å². The lowest BCUT2D eigenvalue weighted by Crippen LogP contribution is -2.44. The van der Waals surface area contributed by atoms with E-state index in [1.54, 1.807) is 4.90 Å². The number of carbonyl (C=O) groups excluding carboxylic acids is 2. The van der Waals surface area contributed by atoms with Gasteiger partial charge in [0, 0.05) is 24.0 Å². The second-order valence-electron chi connectivity index (χ2n) is 11.0. The topological polar surface area (TPSA) is 107 Å². The van der Waals surface area contributed by atoms with Gasteiger partial charge in [-0.1, -0.05) is 60.2 Å². The van der Waals surface area contributed by atoms with Gasteiger partial charge in [0.2, 0.25) is 10.0 Å². The van der Waals surface area contributed by atoms with Gasteiger partial charge < -0.3 is 18.9 Å². The van der Waals surface area contributed by atoms with Crippen molar-refractivity contribution >= 4 is 32.9 Å². The maximum Gasteiger partial charge on any atom is 0.410 e. The number of nitrogens with zero attached hydrogens (tertiary/aromatic N) is 2. The van der Waals surface area contributed by atoms with Crippen LogP contribution in [0, 0.1) is 19.8 Å². The van der Waals surface area contributed by atoms with E-state index in [1.165, 1.54) is 0 Å². The molecule has 1 N–H and O–H groups in total. The molecule has 3 aromatic carbocycles. The molecule has 43 heavy (non-hydrogen) atoms. The van der Waals surface area contributed by atoms with Crippen LogP contribution in [0.25, 0.3) is 10.9 Å². The molecule has 1 aliphatic heterocycles. The molecule has 0 bridgehead atoms. The van der Waals surface area contributed by atoms with Gasteiger partial charge in [-0.15, -0.1) is 0 Å². The number of rotatable bonds is 10. The normalized spacial score (nSPS) is 15.3. The number of para-hydroxylation sites is 1. The summed E-state index contributed by atoms with van der Waals surface area (Å²) in [5.41, 5.74) is 3.74. The third kappa shape index (κ3) is 7.56. The highest BCUT2D eigenvalue weighted by atomic mass is 32.2. The Hall–Kier alpha value is -4.31. The molecule has 5 rings (SSSR count). The average Bonchev–Trinajstić information content (AvgIpc) is 3.27. The number of nitrogens with one attached hydrogen (secondary N) is 1. The van der Waals surface area contributed by atoms with Crippen molar-refractivity contribution in [3.63, 3.8) is 0 Å². The summed E-state index contributed by atoms with van der Waals surface area (Å²) in [5.74, 6) is -0.555. The van der Waals surface area contributed by atoms with Gasteiger partial charge in [-0.05, 0) is 68.0 Å². The molecule has 1 aliphatic rings. The van der Waals surface area contributed by atoms with Crippen molar-refractivity contribution < 1.29 is 27.5 Å². The number of hydrogen-bond donors (Lipinski definition) is 1. The monoisotopic (exact) mass is 603 g/mol. The van der Waals surface area contributed by atoms with Gasteiger partial charge in [0.15, 0.2) is 0 Å². The Labute approximate surface area is 252 Å². The van der Waals surface area contributed by atoms with Gasteiger partial charge in [0.1, 0.15) is 24.7 Å². The molecule has 0 unspecified atom stereocenters. The minimum atomic E-state index is -4.00. The summed E-state index contributed by atoms with van der Waals surface area (Å²) < 4.78 is 42.0. The SMILES string of the molecule is Cc1ccc2c(c1)c(C)c(C(=O)NS(=O)(=O)C[C@H]1CCCN(C(=O)OCc3ccccc3)C1)n2CCOc1ccccc1. The van der Waals surface area contributed by atoms with Crippen molar-refractivity contribution in [1.29, 1.82) is 0 Å². The lowest BCUT2D eigenvalue weighted by atomic mass is 10.0. The average molecular weight is 604 g/mol. The highest BCUT2D eigenvalue weighted by Gasteiger charge is 2.30. The quantitative estimate of drug-likeness (QED) is 0.259. The molecule has 2 heterocycles. The summed E-state index contributed by atoms with van der Waals surface area (Å²) in [5, 5.41) is 0.888. The summed E-state index contributed by atoms with van der Waals surface area (Å²) in [6, 6.07) is 24.7. The minimum absolute atomic E-state index is 0.151. The van der Waals surface area contributed by atoms with Crippen LogP contribution < -0.4 is 9.46 Å². The summed E-state index contributed by atoms with van der Waals surface area (Å²) in [6.45, 7) is 5.36. The number of sulfonamides is 1. The van der Waals surface area contributed by atoms with Gasteiger partial charge in [-0.3, -0.25) is 4.79 Å². The van der Waals surface area contributed by atoms with Gasteiger partial charge in [-0.2, -0.15) is 0 Å². The number of benzene rings is 3. The Balaban J connectivity index is 1.26. The van der Waals surface area contributed by atoms with Gasteiger partial charge in [-0.25, -0.2) is 17.9 Å². The lowest BCUT2D eigenvalue weighted by Gasteiger charge is -2.31. The highest BCUT2D eigenvalue weighted by molar-refractivity contribution is 7.90. The molecule has 4 aromatic rings. The second kappa shape index (κ2) is 13.3. The fraction of sp³-hybridized carbons (Fsp3) is 0.333. The fourth-order valence-corrected chi connectivity index (χ4v) is 7.01. The van der Waals surface area contributed by atoms with E-state index in [1.807, 2.05) is 97.3 Å². The van der Waals surface area contributed by atoms with E-state index in [0.717, 1.165) is 22.0 Å². The van der Waals surface area contributed by atoms with Crippen LogP contribution in [0.3, 0.4) is 0 Å². The molecule has 9 nitrogen and oxygen atoms in total. The largest absolute Gasteiger partial charge is 0.492 e. The Kier molecular flexibility index (Phi) is 9.35. The van der Waals surface area contributed by atoms with Crippen molar-refractivity contribution in [3.05, 3.63) is 101 Å². The van der Waals surface area contributed by atoms with Crippen LogP contribution in [0.5, 0.6) is 5.75 Å². The molecule has 1 fully saturated rings. The highest BCUT2D eigenvalue weighted by Crippen LogP contribution is 2.27. The number of piperidine rings is 1. The Morgan fingerprint density at radius 2 is 1.70 bits per heavy atom. The van der Waals surface area contributed by atoms with Crippen LogP contribution in [-0.2, 0) is 27.9 Å². The molecule has 0 radical (unpaired) electrons. The third-order valence-corrected chi connectivity index (χ3v) is 9.11. The second-order valence-corrected chi connectivity index (χ2v) is 12.8. The zero-order valence-electron chi connectivity index (χ0n) is 24.5. The third-order valence-electron chi connectivity index (χ3n) is 7.70. The number of hydrogen-bond acceptors (Lipinski definition) is 6. The Bertz CT molecular complexity index is 1690. The summed E-state index contributed by atoms with van der Waals surface area (Å²) in [6.07, 6.45) is 0.818. The first kappa shape index (κ1) is 30.2. The Morgan fingerprint density at radius 3 is 2.44 bits per heavy atom. The molecular weight excluding hydrogens is 566 g/mol. The van der Waals surface area contributed by atoms with Gasteiger partial charge in [0.25, 0.3) is 5.91 Å². The van der Waals surface area contributed by atoms with Crippen molar-refractivity contribution in [2.24, 2.45) is 5.92 Å². The number of carbonyl (C=O) groups is 2. The first-order valence-corrected chi connectivity index (χ1v) is 16.1. The first-order chi connectivity index (χ1) is 20.7. The fourth-order valence-electron chi connectivity index (χ4n) is 5.65. The predicted molar refractivity (Wildman–Crippen MR) is 166 cm³/mol. The van der Waals surface area contributed by atoms with Gasteiger partial charge >= 0.3 is 6.09 Å². The number of aryl methyl sites for hydroxylation is 2. The van der Waals surface area contributed by atoms with E-state index in [-0.39, 0.29) is 30.5 Å². The number of likely N-dealkylation sites (tertiary alicyclic amines) is 1. The number of amides is 2.